The minimum Gasteiger partial charge on any atom is -0.480 e. The lowest BCUT2D eigenvalue weighted by Crippen LogP contribution is -2.50. The highest BCUT2D eigenvalue weighted by molar-refractivity contribution is 7.15. The zero-order valence-corrected chi connectivity index (χ0v) is 21.9. The molecule has 2 aliphatic heterocycles. The van der Waals surface area contributed by atoms with Crippen molar-refractivity contribution in [3.8, 4) is 5.00 Å². The molecule has 36 heavy (non-hydrogen) atoms. The Kier molecular flexibility index (Phi) is 6.67. The number of benzene rings is 1. The van der Waals surface area contributed by atoms with Crippen LogP contribution in [0.4, 0.5) is 0 Å². The van der Waals surface area contributed by atoms with Crippen molar-refractivity contribution >= 4 is 40.5 Å². The maximum Gasteiger partial charge on any atom is 0.317 e. The number of aliphatic imine (C=N–C) groups is 1. The van der Waals surface area contributed by atoms with Gasteiger partial charge in [-0.25, -0.2) is 0 Å². The van der Waals surface area contributed by atoms with Gasteiger partial charge in [0.1, 0.15) is 16.9 Å². The van der Waals surface area contributed by atoms with E-state index < -0.39 is 12.0 Å². The largest absolute Gasteiger partial charge is 0.480 e. The number of carbonyl (C=O) groups excluding carboxylic acids is 1. The summed E-state index contributed by atoms with van der Waals surface area (Å²) < 4.78 is 2.04. The maximum atomic E-state index is 13.4. The van der Waals surface area contributed by atoms with E-state index in [-0.39, 0.29) is 18.9 Å². The van der Waals surface area contributed by atoms with E-state index >= 15 is 0 Å². The Morgan fingerprint density at radius 3 is 2.44 bits per heavy atom. The molecule has 9 nitrogen and oxygen atoms in total. The molecule has 1 saturated heterocycles. The van der Waals surface area contributed by atoms with Crippen LogP contribution in [0.15, 0.2) is 29.3 Å². The van der Waals surface area contributed by atoms with Crippen LogP contribution in [-0.4, -0.2) is 80.0 Å². The lowest BCUT2D eigenvalue weighted by atomic mass is 9.99. The van der Waals surface area contributed by atoms with Crippen molar-refractivity contribution in [1.29, 1.82) is 0 Å². The molecule has 0 unspecified atom stereocenters. The molecule has 1 fully saturated rings. The minimum atomic E-state index is -0.856. The molecule has 0 spiro atoms. The average Bonchev–Trinajstić information content (AvgIpc) is 3.32. The second-order valence-electron chi connectivity index (χ2n) is 9.16. The van der Waals surface area contributed by atoms with Crippen molar-refractivity contribution in [3.05, 3.63) is 62.5 Å². The Balaban J connectivity index is 1.52. The predicted molar refractivity (Wildman–Crippen MR) is 139 cm³/mol. The topological polar surface area (TPSA) is 104 Å². The fraction of sp³-hybridized carbons (Fsp3) is 0.400. The number of carboxylic acids is 1. The van der Waals surface area contributed by atoms with Crippen molar-refractivity contribution < 1.29 is 14.7 Å². The molecule has 0 aliphatic carbocycles. The number of nitrogens with zero attached hydrogens (tertiary/aromatic N) is 6. The van der Waals surface area contributed by atoms with Crippen molar-refractivity contribution in [1.82, 2.24) is 24.6 Å². The highest BCUT2D eigenvalue weighted by Crippen LogP contribution is 2.39. The van der Waals surface area contributed by atoms with Crippen LogP contribution in [-0.2, 0) is 9.59 Å². The van der Waals surface area contributed by atoms with Gasteiger partial charge in [-0.15, -0.1) is 21.5 Å². The van der Waals surface area contributed by atoms with Crippen molar-refractivity contribution in [2.24, 2.45) is 4.99 Å². The second kappa shape index (κ2) is 9.76. The number of carboxylic acid groups (broad SMARTS) is 1. The third kappa shape index (κ3) is 4.56. The monoisotopic (exact) mass is 526 g/mol. The number of amides is 1. The quantitative estimate of drug-likeness (QED) is 0.546. The lowest BCUT2D eigenvalue weighted by Gasteiger charge is -2.34. The molecule has 4 heterocycles. The molecular formula is C25H27ClN6O3S. The summed E-state index contributed by atoms with van der Waals surface area (Å²) in [5.74, 6) is 0.515. The van der Waals surface area contributed by atoms with Crippen molar-refractivity contribution in [3.63, 3.8) is 0 Å². The zero-order chi connectivity index (χ0) is 25.6. The first-order valence-electron chi connectivity index (χ1n) is 11.8. The van der Waals surface area contributed by atoms with Crippen LogP contribution < -0.4 is 0 Å². The first-order valence-corrected chi connectivity index (χ1v) is 13.0. The number of hydrogen-bond acceptors (Lipinski definition) is 7. The summed E-state index contributed by atoms with van der Waals surface area (Å²) in [5.41, 5.74) is 3.92. The van der Waals surface area contributed by atoms with E-state index in [1.807, 2.05) is 40.7 Å². The number of thiophene rings is 1. The van der Waals surface area contributed by atoms with Gasteiger partial charge in [0.2, 0.25) is 5.91 Å². The smallest absolute Gasteiger partial charge is 0.317 e. The molecule has 1 atom stereocenters. The maximum absolute atomic E-state index is 13.4. The van der Waals surface area contributed by atoms with Gasteiger partial charge in [-0.05, 0) is 38.5 Å². The third-order valence-electron chi connectivity index (χ3n) is 6.81. The normalized spacial score (nSPS) is 17.8. The van der Waals surface area contributed by atoms with Crippen LogP contribution in [0.2, 0.25) is 5.02 Å². The first-order chi connectivity index (χ1) is 17.2. The van der Waals surface area contributed by atoms with E-state index in [4.69, 9.17) is 21.7 Å². The van der Waals surface area contributed by atoms with Crippen LogP contribution in [0.5, 0.6) is 0 Å². The Hall–Kier alpha value is -3.08. The molecule has 0 saturated carbocycles. The van der Waals surface area contributed by atoms with Gasteiger partial charge in [-0.2, -0.15) is 0 Å². The Labute approximate surface area is 218 Å². The number of aryl methyl sites for hydroxylation is 2. The van der Waals surface area contributed by atoms with Gasteiger partial charge in [-0.1, -0.05) is 23.7 Å². The highest BCUT2D eigenvalue weighted by atomic mass is 35.5. The average molecular weight is 527 g/mol. The lowest BCUT2D eigenvalue weighted by molar-refractivity contribution is -0.139. The van der Waals surface area contributed by atoms with Gasteiger partial charge in [-0.3, -0.25) is 24.0 Å². The SMILES string of the molecule is Cc1sc2c(c1C)C(c1ccc(Cl)cc1)=N[C@@H](CC(=O)N1CCN(CC(=O)O)CC1)c1nnc(C)n1-2. The fourth-order valence-corrected chi connectivity index (χ4v) is 6.11. The van der Waals surface area contributed by atoms with Crippen molar-refractivity contribution in [2.75, 3.05) is 32.7 Å². The van der Waals surface area contributed by atoms with Gasteiger partial charge >= 0.3 is 5.97 Å². The minimum absolute atomic E-state index is 0.0110. The van der Waals surface area contributed by atoms with E-state index in [2.05, 4.69) is 24.0 Å². The van der Waals surface area contributed by atoms with Gasteiger partial charge < -0.3 is 10.0 Å². The molecule has 0 bridgehead atoms. The predicted octanol–water partition coefficient (Wildman–Crippen LogP) is 3.42. The number of aliphatic carboxylic acids is 1. The number of fused-ring (bicyclic) bond motifs is 3. The van der Waals surface area contributed by atoms with E-state index in [1.54, 1.807) is 16.2 Å². The molecule has 1 amide bonds. The number of halogens is 1. The van der Waals surface area contributed by atoms with Gasteiger partial charge in [0.05, 0.1) is 18.7 Å². The van der Waals surface area contributed by atoms with E-state index in [0.717, 1.165) is 33.2 Å². The molecule has 188 valence electrons. The number of piperazine rings is 1. The molecule has 11 heteroatoms. The second-order valence-corrected chi connectivity index (χ2v) is 10.8. The number of aromatic nitrogens is 3. The van der Waals surface area contributed by atoms with Crippen LogP contribution in [0, 0.1) is 20.8 Å². The molecule has 2 aliphatic rings. The summed E-state index contributed by atoms with van der Waals surface area (Å²) in [6.45, 7) is 8.14. The first kappa shape index (κ1) is 24.6. The summed E-state index contributed by atoms with van der Waals surface area (Å²) in [6.07, 6.45) is 0.154. The molecule has 1 aromatic carbocycles. The summed E-state index contributed by atoms with van der Waals surface area (Å²) in [4.78, 5) is 34.4. The standard InChI is InChI=1S/C25H27ClN6O3S/c1-14-15(2)36-25-22(14)23(17-4-6-18(26)7-5-17)27-19(24-29-28-16(3)32(24)25)12-20(33)31-10-8-30(9-11-31)13-21(34)35/h4-7,19H,8-13H2,1-3H3,(H,34,35)/t19-/m0/s1. The fourth-order valence-electron chi connectivity index (χ4n) is 4.77. The van der Waals surface area contributed by atoms with Gasteiger partial charge in [0.25, 0.3) is 0 Å². The summed E-state index contributed by atoms with van der Waals surface area (Å²) in [7, 11) is 0. The molecule has 1 N–H and O–H groups in total. The molecular weight excluding hydrogens is 500 g/mol. The Morgan fingerprint density at radius 1 is 1.08 bits per heavy atom. The third-order valence-corrected chi connectivity index (χ3v) is 8.25. The molecule has 0 radical (unpaired) electrons. The number of carbonyl (C=O) groups is 2. The van der Waals surface area contributed by atoms with E-state index in [9.17, 15) is 9.59 Å². The van der Waals surface area contributed by atoms with Crippen LogP contribution in [0.1, 0.15) is 45.7 Å². The van der Waals surface area contributed by atoms with E-state index in [0.29, 0.717) is 37.0 Å². The number of hydrogen-bond donors (Lipinski definition) is 1. The van der Waals surface area contributed by atoms with Gasteiger partial charge in [0, 0.05) is 47.2 Å². The molecule has 3 aromatic rings. The highest BCUT2D eigenvalue weighted by Gasteiger charge is 2.33. The summed E-state index contributed by atoms with van der Waals surface area (Å²) in [6, 6.07) is 7.09. The number of rotatable bonds is 5. The molecule has 2 aromatic heterocycles. The van der Waals surface area contributed by atoms with E-state index in [1.165, 1.54) is 4.88 Å². The Bertz CT molecular complexity index is 1350. The van der Waals surface area contributed by atoms with Gasteiger partial charge in [0.15, 0.2) is 5.82 Å². The van der Waals surface area contributed by atoms with Crippen molar-refractivity contribution in [2.45, 2.75) is 33.2 Å². The van der Waals surface area contributed by atoms with Crippen LogP contribution in [0.3, 0.4) is 0 Å². The molecule has 5 rings (SSSR count). The van der Waals surface area contributed by atoms with Crippen LogP contribution >= 0.6 is 22.9 Å². The Morgan fingerprint density at radius 2 is 1.78 bits per heavy atom. The summed E-state index contributed by atoms with van der Waals surface area (Å²) in [5, 5.41) is 19.5. The zero-order valence-electron chi connectivity index (χ0n) is 20.4. The summed E-state index contributed by atoms with van der Waals surface area (Å²) >= 11 is 7.84. The van der Waals surface area contributed by atoms with Crippen LogP contribution in [0.25, 0.3) is 5.00 Å².